The number of hydrogen-bond donors (Lipinski definition) is 4. The third-order valence-electron chi connectivity index (χ3n) is 1.53. The number of nitrogens with zero attached hydrogens (tertiary/aromatic N) is 1. The van der Waals surface area contributed by atoms with Crippen molar-refractivity contribution in [1.29, 1.82) is 5.41 Å². The summed E-state index contributed by atoms with van der Waals surface area (Å²) < 4.78 is 36.5. The third-order valence-corrected chi connectivity index (χ3v) is 1.53. The monoisotopic (exact) mass is 233 g/mol. The van der Waals surface area contributed by atoms with E-state index in [9.17, 15) is 13.2 Å². The number of nitrogens with two attached hydrogens (primary N) is 1. The summed E-state index contributed by atoms with van der Waals surface area (Å²) in [5.41, 5.74) is 4.61. The summed E-state index contributed by atoms with van der Waals surface area (Å²) in [7, 11) is 0. The lowest BCUT2D eigenvalue weighted by molar-refractivity contribution is -0.141. The Hall–Kier alpha value is -1.99. The van der Waals surface area contributed by atoms with Crippen LogP contribution < -0.4 is 11.1 Å². The molecule has 0 spiro atoms. The molecule has 16 heavy (non-hydrogen) atoms. The van der Waals surface area contributed by atoms with Gasteiger partial charge in [0, 0.05) is 11.8 Å². The van der Waals surface area contributed by atoms with E-state index in [-0.39, 0.29) is 17.4 Å². The maximum absolute atomic E-state index is 12.2. The second-order valence-electron chi connectivity index (χ2n) is 3.07. The predicted octanol–water partition coefficient (Wildman–Crippen LogP) is 1.68. The number of H-pyrrole nitrogens is 1. The minimum atomic E-state index is -4.47. The topological polar surface area (TPSA) is 90.6 Å². The van der Waals surface area contributed by atoms with E-state index in [1.165, 1.54) is 13.0 Å². The van der Waals surface area contributed by atoms with Gasteiger partial charge in [0.1, 0.15) is 11.5 Å². The van der Waals surface area contributed by atoms with Crippen LogP contribution in [0.2, 0.25) is 0 Å². The average molecular weight is 233 g/mol. The maximum atomic E-state index is 12.2. The second-order valence-corrected chi connectivity index (χ2v) is 3.07. The number of anilines is 1. The first-order valence-corrected chi connectivity index (χ1v) is 4.21. The largest absolute Gasteiger partial charge is 0.432 e. The molecule has 0 aliphatic carbocycles. The van der Waals surface area contributed by atoms with Crippen LogP contribution in [0.5, 0.6) is 0 Å². The van der Waals surface area contributed by atoms with Crippen LogP contribution in [0.1, 0.15) is 12.6 Å². The van der Waals surface area contributed by atoms with Crippen molar-refractivity contribution in [3.05, 3.63) is 23.7 Å². The minimum Gasteiger partial charge on any atom is -0.385 e. The summed E-state index contributed by atoms with van der Waals surface area (Å²) in [6, 6.07) is 0.792. The lowest BCUT2D eigenvalue weighted by Gasteiger charge is -2.01. The molecule has 5 nitrogen and oxygen atoms in total. The van der Waals surface area contributed by atoms with Crippen molar-refractivity contribution >= 4 is 11.5 Å². The van der Waals surface area contributed by atoms with Gasteiger partial charge in [0.2, 0.25) is 0 Å². The Labute approximate surface area is 89.0 Å². The van der Waals surface area contributed by atoms with E-state index in [2.05, 4.69) is 10.4 Å². The SMILES string of the molecule is CC(=N)/C=C(/N)Nc1cc(C(F)(F)F)[nH]n1. The summed E-state index contributed by atoms with van der Waals surface area (Å²) >= 11 is 0. The lowest BCUT2D eigenvalue weighted by atomic mass is 10.4. The Morgan fingerprint density at radius 1 is 1.62 bits per heavy atom. The van der Waals surface area contributed by atoms with Crippen LogP contribution in [0.3, 0.4) is 0 Å². The van der Waals surface area contributed by atoms with Crippen LogP contribution in [0.25, 0.3) is 0 Å². The van der Waals surface area contributed by atoms with Crippen molar-refractivity contribution in [2.24, 2.45) is 5.73 Å². The molecule has 0 radical (unpaired) electrons. The molecule has 1 aromatic heterocycles. The molecule has 1 rings (SSSR count). The molecule has 8 heteroatoms. The molecule has 0 atom stereocenters. The molecule has 0 aliphatic rings. The fraction of sp³-hybridized carbons (Fsp3) is 0.250. The van der Waals surface area contributed by atoms with Crippen LogP contribution in [0.4, 0.5) is 19.0 Å². The molecule has 0 saturated heterocycles. The first-order chi connectivity index (χ1) is 7.29. The third kappa shape index (κ3) is 3.30. The molecular weight excluding hydrogens is 223 g/mol. The van der Waals surface area contributed by atoms with Crippen molar-refractivity contribution in [1.82, 2.24) is 10.2 Å². The van der Waals surface area contributed by atoms with Crippen LogP contribution in [0, 0.1) is 5.41 Å². The van der Waals surface area contributed by atoms with Gasteiger partial charge in [-0.15, -0.1) is 0 Å². The number of aromatic nitrogens is 2. The fourth-order valence-electron chi connectivity index (χ4n) is 0.948. The van der Waals surface area contributed by atoms with E-state index in [4.69, 9.17) is 11.1 Å². The van der Waals surface area contributed by atoms with Crippen LogP contribution in [-0.2, 0) is 6.18 Å². The molecule has 0 aromatic carbocycles. The Balaban J connectivity index is 2.77. The van der Waals surface area contributed by atoms with E-state index < -0.39 is 11.9 Å². The van der Waals surface area contributed by atoms with Crippen molar-refractivity contribution < 1.29 is 13.2 Å². The molecule has 0 bridgehead atoms. The quantitative estimate of drug-likeness (QED) is 0.598. The smallest absolute Gasteiger partial charge is 0.385 e. The number of nitrogens with one attached hydrogen (secondary N) is 3. The van der Waals surface area contributed by atoms with E-state index in [0.29, 0.717) is 0 Å². The second kappa shape index (κ2) is 4.25. The summed E-state index contributed by atoms with van der Waals surface area (Å²) in [6.45, 7) is 1.49. The molecule has 0 saturated carbocycles. The molecule has 0 aliphatic heterocycles. The summed E-state index contributed by atoms with van der Waals surface area (Å²) in [5.74, 6) is -0.00458. The lowest BCUT2D eigenvalue weighted by Crippen LogP contribution is -2.10. The predicted molar refractivity (Wildman–Crippen MR) is 52.9 cm³/mol. The van der Waals surface area contributed by atoms with Crippen molar-refractivity contribution in [3.63, 3.8) is 0 Å². The van der Waals surface area contributed by atoms with Gasteiger partial charge in [-0.3, -0.25) is 5.10 Å². The van der Waals surface area contributed by atoms with Crippen LogP contribution >= 0.6 is 0 Å². The van der Waals surface area contributed by atoms with Gasteiger partial charge in [0.25, 0.3) is 0 Å². The van der Waals surface area contributed by atoms with E-state index in [0.717, 1.165) is 6.07 Å². The normalized spacial score (nSPS) is 12.6. The molecule has 1 heterocycles. The van der Waals surface area contributed by atoms with Gasteiger partial charge in [0.05, 0.1) is 0 Å². The zero-order valence-corrected chi connectivity index (χ0v) is 8.31. The molecule has 88 valence electrons. The van der Waals surface area contributed by atoms with Gasteiger partial charge in [-0.2, -0.15) is 18.3 Å². The van der Waals surface area contributed by atoms with E-state index in [1.807, 2.05) is 5.10 Å². The maximum Gasteiger partial charge on any atom is 0.432 e. The highest BCUT2D eigenvalue weighted by Gasteiger charge is 2.33. The highest BCUT2D eigenvalue weighted by Crippen LogP contribution is 2.28. The number of halogens is 3. The zero-order chi connectivity index (χ0) is 12.3. The highest BCUT2D eigenvalue weighted by molar-refractivity contribution is 5.90. The average Bonchev–Trinajstić information content (AvgIpc) is 2.49. The van der Waals surface area contributed by atoms with Gasteiger partial charge in [0.15, 0.2) is 5.82 Å². The number of aromatic amines is 1. The Morgan fingerprint density at radius 2 is 2.25 bits per heavy atom. The number of rotatable bonds is 3. The molecular formula is C8H10F3N5. The van der Waals surface area contributed by atoms with E-state index in [1.54, 1.807) is 0 Å². The molecule has 0 fully saturated rings. The number of alkyl halides is 3. The molecule has 5 N–H and O–H groups in total. The summed E-state index contributed by atoms with van der Waals surface area (Å²) in [6.07, 6.45) is -3.20. The standard InChI is InChI=1S/C8H10F3N5/c1-4(12)2-6(13)14-7-3-5(15-16-7)8(9,10)11/h2-3,12H,13H2,1H3,(H2,14,15,16)/b6-2-,12-4?. The Morgan fingerprint density at radius 3 is 2.69 bits per heavy atom. The van der Waals surface area contributed by atoms with Crippen molar-refractivity contribution in [2.45, 2.75) is 13.1 Å². The van der Waals surface area contributed by atoms with Gasteiger partial charge in [-0.1, -0.05) is 0 Å². The summed E-state index contributed by atoms with van der Waals surface area (Å²) in [4.78, 5) is 0. The Kier molecular flexibility index (Phi) is 3.21. The first kappa shape index (κ1) is 12.1. The number of hydrogen-bond acceptors (Lipinski definition) is 4. The number of allylic oxidation sites excluding steroid dienone is 1. The molecule has 0 amide bonds. The van der Waals surface area contributed by atoms with E-state index >= 15 is 0 Å². The highest BCUT2D eigenvalue weighted by atomic mass is 19.4. The van der Waals surface area contributed by atoms with Gasteiger partial charge in [-0.25, -0.2) is 0 Å². The summed E-state index contributed by atoms with van der Waals surface area (Å²) in [5, 5.41) is 14.7. The minimum absolute atomic E-state index is 0.0488. The van der Waals surface area contributed by atoms with Gasteiger partial charge >= 0.3 is 6.18 Å². The molecule has 1 aromatic rings. The van der Waals surface area contributed by atoms with Crippen molar-refractivity contribution in [2.75, 3.05) is 5.32 Å². The fourth-order valence-corrected chi connectivity index (χ4v) is 0.948. The molecule has 0 unspecified atom stereocenters. The van der Waals surface area contributed by atoms with Gasteiger partial charge in [-0.05, 0) is 13.0 Å². The zero-order valence-electron chi connectivity index (χ0n) is 8.31. The Bertz CT molecular complexity index is 418. The van der Waals surface area contributed by atoms with Gasteiger partial charge < -0.3 is 16.5 Å². The van der Waals surface area contributed by atoms with Crippen LogP contribution in [-0.4, -0.2) is 15.9 Å². The van der Waals surface area contributed by atoms with Crippen LogP contribution in [0.15, 0.2) is 18.0 Å². The van der Waals surface area contributed by atoms with Crippen molar-refractivity contribution in [3.8, 4) is 0 Å². The first-order valence-electron chi connectivity index (χ1n) is 4.21.